The van der Waals surface area contributed by atoms with Crippen LogP contribution in [-0.2, 0) is 16.0 Å². The van der Waals surface area contributed by atoms with E-state index >= 15 is 0 Å². The maximum absolute atomic E-state index is 12.8. The van der Waals surface area contributed by atoms with Crippen LogP contribution in [0.1, 0.15) is 49.8 Å². The first kappa shape index (κ1) is 24.1. The summed E-state index contributed by atoms with van der Waals surface area (Å²) in [6.07, 6.45) is 16.3. The molecule has 0 atom stereocenters. The van der Waals surface area contributed by atoms with Crippen LogP contribution < -0.4 is 15.4 Å². The van der Waals surface area contributed by atoms with Crippen molar-refractivity contribution in [3.05, 3.63) is 35.9 Å². The molecule has 4 rings (SSSR count). The highest BCUT2D eigenvalue weighted by molar-refractivity contribution is 5.81. The van der Waals surface area contributed by atoms with E-state index in [1.54, 1.807) is 12.4 Å². The lowest BCUT2D eigenvalue weighted by Crippen LogP contribution is -2.28. The third-order valence-electron chi connectivity index (χ3n) is 6.49. The van der Waals surface area contributed by atoms with E-state index in [4.69, 9.17) is 15.9 Å². The first-order chi connectivity index (χ1) is 16.7. The van der Waals surface area contributed by atoms with E-state index in [0.29, 0.717) is 54.4 Å². The first-order valence-electron chi connectivity index (χ1n) is 12.2. The number of ketones is 1. The van der Waals surface area contributed by atoms with Crippen LogP contribution in [0, 0.1) is 24.2 Å². The summed E-state index contributed by atoms with van der Waals surface area (Å²) in [5, 5.41) is 6.52. The van der Waals surface area contributed by atoms with Gasteiger partial charge in [-0.05, 0) is 62.9 Å². The van der Waals surface area contributed by atoms with Gasteiger partial charge < -0.3 is 20.1 Å². The SMILES string of the molecule is C#Cc1cnc(Nc2cc(OCC3CCOCC3)c(CC(=O)CCC3CCNCC3)cn2)cn1. The predicted octanol–water partition coefficient (Wildman–Crippen LogP) is 3.29. The second kappa shape index (κ2) is 12.4. The molecule has 0 unspecified atom stereocenters. The second-order valence-corrected chi connectivity index (χ2v) is 9.05. The van der Waals surface area contributed by atoms with Crippen LogP contribution in [0.4, 0.5) is 11.6 Å². The molecule has 2 aromatic heterocycles. The van der Waals surface area contributed by atoms with Crippen molar-refractivity contribution < 1.29 is 14.3 Å². The van der Waals surface area contributed by atoms with Gasteiger partial charge in [0, 0.05) is 43.9 Å². The average molecular weight is 464 g/mol. The molecule has 2 aliphatic rings. The lowest BCUT2D eigenvalue weighted by molar-refractivity contribution is -0.118. The maximum Gasteiger partial charge on any atom is 0.150 e. The van der Waals surface area contributed by atoms with Crippen molar-refractivity contribution in [2.75, 3.05) is 38.2 Å². The molecule has 34 heavy (non-hydrogen) atoms. The van der Waals surface area contributed by atoms with Crippen molar-refractivity contribution in [3.63, 3.8) is 0 Å². The van der Waals surface area contributed by atoms with E-state index in [1.807, 2.05) is 6.07 Å². The fourth-order valence-electron chi connectivity index (χ4n) is 4.36. The molecule has 180 valence electrons. The molecule has 8 heteroatoms. The Bertz CT molecular complexity index is 977. The van der Waals surface area contributed by atoms with Gasteiger partial charge in [-0.25, -0.2) is 15.0 Å². The standard InChI is InChI=1S/C26H33N5O3/c1-2-22-16-30-26(17-28-22)31-25-14-24(34-18-20-7-11-33-12-8-20)21(15-29-25)13-23(32)4-3-19-5-9-27-10-6-19/h1,14-17,19-20,27H,3-13,18H2,(H,29,30,31). The zero-order valence-electron chi connectivity index (χ0n) is 19.6. The number of hydrogen-bond donors (Lipinski definition) is 2. The second-order valence-electron chi connectivity index (χ2n) is 9.05. The Morgan fingerprint density at radius 2 is 1.88 bits per heavy atom. The monoisotopic (exact) mass is 463 g/mol. The van der Waals surface area contributed by atoms with Gasteiger partial charge in [-0.2, -0.15) is 0 Å². The molecule has 0 aliphatic carbocycles. The largest absolute Gasteiger partial charge is 0.493 e. The number of hydrogen-bond acceptors (Lipinski definition) is 8. The smallest absolute Gasteiger partial charge is 0.150 e. The minimum absolute atomic E-state index is 0.229. The summed E-state index contributed by atoms with van der Waals surface area (Å²) in [7, 11) is 0. The number of anilines is 2. The van der Waals surface area contributed by atoms with Crippen molar-refractivity contribution in [2.24, 2.45) is 11.8 Å². The molecule has 0 radical (unpaired) electrons. The van der Waals surface area contributed by atoms with Crippen LogP contribution >= 0.6 is 0 Å². The highest BCUT2D eigenvalue weighted by atomic mass is 16.5. The van der Waals surface area contributed by atoms with Crippen LogP contribution in [0.5, 0.6) is 5.75 Å². The molecule has 0 amide bonds. The van der Waals surface area contributed by atoms with Crippen molar-refractivity contribution in [1.82, 2.24) is 20.3 Å². The van der Waals surface area contributed by atoms with Gasteiger partial charge in [0.15, 0.2) is 0 Å². The summed E-state index contributed by atoms with van der Waals surface area (Å²) >= 11 is 0. The first-order valence-corrected chi connectivity index (χ1v) is 12.2. The molecule has 0 spiro atoms. The number of carbonyl (C=O) groups is 1. The molecule has 0 saturated carbocycles. The lowest BCUT2D eigenvalue weighted by Gasteiger charge is -2.23. The molecule has 2 aliphatic heterocycles. The van der Waals surface area contributed by atoms with Crippen molar-refractivity contribution in [3.8, 4) is 18.1 Å². The van der Waals surface area contributed by atoms with E-state index in [1.165, 1.54) is 6.20 Å². The normalized spacial score (nSPS) is 17.1. The zero-order chi connectivity index (χ0) is 23.6. The van der Waals surface area contributed by atoms with E-state index < -0.39 is 0 Å². The Kier molecular flexibility index (Phi) is 8.83. The van der Waals surface area contributed by atoms with E-state index in [9.17, 15) is 4.79 Å². The molecule has 0 aromatic carbocycles. The van der Waals surface area contributed by atoms with Gasteiger partial charge in [0.05, 0.1) is 19.0 Å². The van der Waals surface area contributed by atoms with Crippen LogP contribution in [0.2, 0.25) is 0 Å². The molecule has 2 saturated heterocycles. The molecule has 2 N–H and O–H groups in total. The molecule has 0 bridgehead atoms. The topological polar surface area (TPSA) is 98.3 Å². The van der Waals surface area contributed by atoms with E-state index in [2.05, 4.69) is 31.5 Å². The van der Waals surface area contributed by atoms with Gasteiger partial charge >= 0.3 is 0 Å². The van der Waals surface area contributed by atoms with Crippen LogP contribution in [-0.4, -0.2) is 53.6 Å². The molecule has 2 aromatic rings. The number of ether oxygens (including phenoxy) is 2. The highest BCUT2D eigenvalue weighted by Gasteiger charge is 2.19. The molecule has 2 fully saturated rings. The van der Waals surface area contributed by atoms with Gasteiger partial charge in [0.1, 0.15) is 28.9 Å². The Hall–Kier alpha value is -3.02. The Labute approximate surface area is 201 Å². The highest BCUT2D eigenvalue weighted by Crippen LogP contribution is 2.27. The van der Waals surface area contributed by atoms with Crippen LogP contribution in [0.25, 0.3) is 0 Å². The Morgan fingerprint density at radius 3 is 2.62 bits per heavy atom. The summed E-state index contributed by atoms with van der Waals surface area (Å²) < 4.78 is 11.7. The summed E-state index contributed by atoms with van der Waals surface area (Å²) in [5.74, 6) is 5.57. The van der Waals surface area contributed by atoms with Crippen molar-refractivity contribution in [2.45, 2.75) is 44.9 Å². The zero-order valence-corrected chi connectivity index (χ0v) is 19.6. The van der Waals surface area contributed by atoms with Gasteiger partial charge in [0.2, 0.25) is 0 Å². The lowest BCUT2D eigenvalue weighted by atomic mass is 9.91. The molecular weight excluding hydrogens is 430 g/mol. The number of nitrogens with zero attached hydrogens (tertiary/aromatic N) is 3. The number of Topliss-reactive ketones (excluding diaryl/α,β-unsaturated/α-hetero) is 1. The van der Waals surface area contributed by atoms with Crippen LogP contribution in [0.3, 0.4) is 0 Å². The van der Waals surface area contributed by atoms with Gasteiger partial charge in [-0.3, -0.25) is 4.79 Å². The predicted molar refractivity (Wildman–Crippen MR) is 130 cm³/mol. The fraction of sp³-hybridized carbons (Fsp3) is 0.538. The number of carbonyl (C=O) groups excluding carboxylic acids is 1. The number of rotatable bonds is 10. The third kappa shape index (κ3) is 7.24. The fourth-order valence-corrected chi connectivity index (χ4v) is 4.36. The number of pyridine rings is 1. The number of nitrogens with one attached hydrogen (secondary N) is 2. The molecule has 4 heterocycles. The van der Waals surface area contributed by atoms with Crippen LogP contribution in [0.15, 0.2) is 24.7 Å². The summed E-state index contributed by atoms with van der Waals surface area (Å²) in [6, 6.07) is 1.84. The van der Waals surface area contributed by atoms with Gasteiger partial charge in [0.25, 0.3) is 0 Å². The summed E-state index contributed by atoms with van der Waals surface area (Å²) in [5.41, 5.74) is 1.29. The minimum atomic E-state index is 0.229. The van der Waals surface area contributed by atoms with Crippen molar-refractivity contribution in [1.29, 1.82) is 0 Å². The summed E-state index contributed by atoms with van der Waals surface area (Å²) in [6.45, 7) is 4.24. The van der Waals surface area contributed by atoms with E-state index in [-0.39, 0.29) is 5.78 Å². The number of terminal acetylenes is 1. The quantitative estimate of drug-likeness (QED) is 0.518. The number of piperidine rings is 1. The third-order valence-corrected chi connectivity index (χ3v) is 6.49. The van der Waals surface area contributed by atoms with E-state index in [0.717, 1.165) is 64.0 Å². The maximum atomic E-state index is 12.8. The van der Waals surface area contributed by atoms with Crippen molar-refractivity contribution >= 4 is 17.4 Å². The molecular formula is C26H33N5O3. The Morgan fingerprint density at radius 1 is 1.09 bits per heavy atom. The number of aromatic nitrogens is 3. The van der Waals surface area contributed by atoms with Gasteiger partial charge in [-0.15, -0.1) is 6.42 Å². The summed E-state index contributed by atoms with van der Waals surface area (Å²) in [4.78, 5) is 25.7. The Balaban J connectivity index is 1.42. The van der Waals surface area contributed by atoms with Gasteiger partial charge in [-0.1, -0.05) is 0 Å². The molecule has 8 nitrogen and oxygen atoms in total. The minimum Gasteiger partial charge on any atom is -0.493 e. The average Bonchev–Trinajstić information content (AvgIpc) is 2.89.